The van der Waals surface area contributed by atoms with Gasteiger partial charge in [0.2, 0.25) is 5.91 Å². The van der Waals surface area contributed by atoms with E-state index in [2.05, 4.69) is 27.9 Å². The van der Waals surface area contributed by atoms with Crippen LogP contribution in [0.15, 0.2) is 18.2 Å². The zero-order chi connectivity index (χ0) is 19.0. The Morgan fingerprint density at radius 3 is 2.41 bits per heavy atom. The molecule has 0 aromatic heterocycles. The number of anilines is 1. The van der Waals surface area contributed by atoms with Gasteiger partial charge < -0.3 is 10.2 Å². The number of benzene rings is 1. The maximum atomic E-state index is 13.2. The summed E-state index contributed by atoms with van der Waals surface area (Å²) in [5.74, 6) is -1.45. The summed E-state index contributed by atoms with van der Waals surface area (Å²) in [5.41, 5.74) is 0.460. The largest absolute Gasteiger partial charge is 0.326 e. The Labute approximate surface area is 170 Å². The summed E-state index contributed by atoms with van der Waals surface area (Å²) < 4.78 is 27.2. The van der Waals surface area contributed by atoms with Gasteiger partial charge in [0.15, 0.2) is 0 Å². The van der Waals surface area contributed by atoms with Crippen LogP contribution in [-0.4, -0.2) is 35.7 Å². The standard InChI is InChI=1S/C20H21F2IN2O2/c21-20(22)9-25(10-20)17(26)15-6-14(23)1-2-16(15)24-18(27)19-7-11-3-12(8-19)5-13(19)4-11/h1-2,6,11-13H,3-5,7-10H2,(H,24,27). The molecule has 1 heterocycles. The summed E-state index contributed by atoms with van der Waals surface area (Å²) in [6.45, 7) is -1.11. The van der Waals surface area contributed by atoms with Crippen LogP contribution >= 0.6 is 22.6 Å². The number of halogens is 3. The zero-order valence-electron chi connectivity index (χ0n) is 14.8. The van der Waals surface area contributed by atoms with Gasteiger partial charge in [-0.1, -0.05) is 0 Å². The molecule has 6 rings (SSSR count). The van der Waals surface area contributed by atoms with E-state index in [4.69, 9.17) is 0 Å². The zero-order valence-corrected chi connectivity index (χ0v) is 17.0. The monoisotopic (exact) mass is 486 g/mol. The van der Waals surface area contributed by atoms with Crippen LogP contribution < -0.4 is 5.32 Å². The van der Waals surface area contributed by atoms with E-state index in [1.807, 2.05) is 6.07 Å². The lowest BCUT2D eigenvalue weighted by Gasteiger charge is -2.39. The van der Waals surface area contributed by atoms with E-state index in [1.54, 1.807) is 12.1 Å². The molecule has 1 aliphatic heterocycles. The first kappa shape index (κ1) is 17.8. The lowest BCUT2D eigenvalue weighted by molar-refractivity contribution is -0.127. The Kier molecular flexibility index (Phi) is 3.88. The smallest absolute Gasteiger partial charge is 0.282 e. The van der Waals surface area contributed by atoms with Crippen molar-refractivity contribution in [2.75, 3.05) is 18.4 Å². The van der Waals surface area contributed by atoms with Crippen molar-refractivity contribution in [2.24, 2.45) is 23.2 Å². The number of carbonyl (C=O) groups is 2. The first-order valence-electron chi connectivity index (χ1n) is 9.54. The molecule has 5 aliphatic rings. The van der Waals surface area contributed by atoms with Crippen LogP contribution in [0, 0.1) is 26.7 Å². The van der Waals surface area contributed by atoms with Crippen LogP contribution in [0.2, 0.25) is 0 Å². The number of nitrogens with zero attached hydrogens (tertiary/aromatic N) is 1. The fraction of sp³-hybridized carbons (Fsp3) is 0.600. The van der Waals surface area contributed by atoms with Crippen LogP contribution in [0.3, 0.4) is 0 Å². The highest BCUT2D eigenvalue weighted by Gasteiger charge is 2.61. The first-order chi connectivity index (χ1) is 12.8. The molecule has 1 aromatic rings. The second-order valence-corrected chi connectivity index (χ2v) is 10.1. The molecule has 7 heteroatoms. The van der Waals surface area contributed by atoms with Crippen LogP contribution in [-0.2, 0) is 4.79 Å². The number of hydrogen-bond donors (Lipinski definition) is 1. The van der Waals surface area contributed by atoms with E-state index in [0.717, 1.165) is 34.2 Å². The van der Waals surface area contributed by atoms with Gasteiger partial charge in [0, 0.05) is 3.57 Å². The minimum absolute atomic E-state index is 0.0152. The maximum Gasteiger partial charge on any atom is 0.282 e. The second kappa shape index (κ2) is 5.87. The lowest BCUT2D eigenvalue weighted by atomic mass is 9.75. The number of rotatable bonds is 3. The van der Waals surface area contributed by atoms with E-state index in [-0.39, 0.29) is 11.3 Å². The van der Waals surface area contributed by atoms with E-state index in [0.29, 0.717) is 29.0 Å². The number of amides is 2. The SMILES string of the molecule is O=C(c1cc(I)ccc1NC(=O)C12CC3CC(CC1C3)C2)N1CC(F)(F)C1. The van der Waals surface area contributed by atoms with Gasteiger partial charge in [0.1, 0.15) is 0 Å². The quantitative estimate of drug-likeness (QED) is 0.653. The van der Waals surface area contributed by atoms with Gasteiger partial charge >= 0.3 is 0 Å². The lowest BCUT2D eigenvalue weighted by Crippen LogP contribution is -2.58. The van der Waals surface area contributed by atoms with Crippen molar-refractivity contribution in [1.82, 2.24) is 4.90 Å². The summed E-state index contributed by atoms with van der Waals surface area (Å²) in [6.07, 6.45) is 5.44. The van der Waals surface area contributed by atoms with Gasteiger partial charge in [-0.25, -0.2) is 8.78 Å². The van der Waals surface area contributed by atoms with Crippen LogP contribution in [0.5, 0.6) is 0 Å². The molecule has 1 N–H and O–H groups in total. The van der Waals surface area contributed by atoms with Gasteiger partial charge in [-0.3, -0.25) is 9.59 Å². The third-order valence-corrected chi connectivity index (χ3v) is 7.70. The molecule has 5 fully saturated rings. The highest BCUT2D eigenvalue weighted by Crippen LogP contribution is 2.65. The molecule has 144 valence electrons. The number of hydrogen-bond acceptors (Lipinski definition) is 2. The van der Waals surface area contributed by atoms with E-state index in [9.17, 15) is 18.4 Å². The van der Waals surface area contributed by atoms with Crippen LogP contribution in [0.4, 0.5) is 14.5 Å². The van der Waals surface area contributed by atoms with E-state index < -0.39 is 24.9 Å². The van der Waals surface area contributed by atoms with Gasteiger partial charge in [-0.2, -0.15) is 0 Å². The van der Waals surface area contributed by atoms with E-state index >= 15 is 0 Å². The minimum Gasteiger partial charge on any atom is -0.326 e. The molecule has 4 saturated carbocycles. The summed E-state index contributed by atoms with van der Waals surface area (Å²) in [7, 11) is 0. The molecule has 4 bridgehead atoms. The maximum absolute atomic E-state index is 13.2. The molecule has 4 aliphatic carbocycles. The Morgan fingerprint density at radius 2 is 1.78 bits per heavy atom. The summed E-state index contributed by atoms with van der Waals surface area (Å²) >= 11 is 2.09. The molecule has 2 unspecified atom stereocenters. The molecule has 4 nitrogen and oxygen atoms in total. The van der Waals surface area contributed by atoms with Gasteiger partial charge in [0.05, 0.1) is 29.8 Å². The van der Waals surface area contributed by atoms with E-state index in [1.165, 1.54) is 6.42 Å². The highest BCUT2D eigenvalue weighted by molar-refractivity contribution is 14.1. The fourth-order valence-corrected chi connectivity index (χ4v) is 6.53. The number of nitrogens with one attached hydrogen (secondary N) is 1. The first-order valence-corrected chi connectivity index (χ1v) is 10.6. The molecule has 0 spiro atoms. The van der Waals surface area contributed by atoms with Crippen molar-refractivity contribution in [2.45, 2.75) is 38.0 Å². The topological polar surface area (TPSA) is 49.4 Å². The molecule has 1 saturated heterocycles. The minimum atomic E-state index is -2.80. The third kappa shape index (κ3) is 2.79. The van der Waals surface area contributed by atoms with Crippen molar-refractivity contribution in [3.63, 3.8) is 0 Å². The van der Waals surface area contributed by atoms with Gasteiger partial charge in [-0.15, -0.1) is 0 Å². The van der Waals surface area contributed by atoms with Crippen molar-refractivity contribution in [3.8, 4) is 0 Å². The predicted octanol–water partition coefficient (Wildman–Crippen LogP) is 4.15. The van der Waals surface area contributed by atoms with Crippen molar-refractivity contribution in [3.05, 3.63) is 27.3 Å². The Bertz CT molecular complexity index is 821. The Hall–Kier alpha value is -1.25. The van der Waals surface area contributed by atoms with Crippen LogP contribution in [0.1, 0.15) is 42.5 Å². The normalized spacial score (nSPS) is 35.2. The molecular formula is C20H21F2IN2O2. The summed E-state index contributed by atoms with van der Waals surface area (Å²) in [6, 6.07) is 5.22. The van der Waals surface area contributed by atoms with Crippen molar-refractivity contribution in [1.29, 1.82) is 0 Å². The van der Waals surface area contributed by atoms with Crippen LogP contribution in [0.25, 0.3) is 0 Å². The Morgan fingerprint density at radius 1 is 1.11 bits per heavy atom. The van der Waals surface area contributed by atoms with Crippen molar-refractivity contribution >= 4 is 40.1 Å². The molecule has 2 amide bonds. The fourth-order valence-electron chi connectivity index (χ4n) is 6.04. The highest BCUT2D eigenvalue weighted by atomic mass is 127. The number of likely N-dealkylation sites (tertiary alicyclic amines) is 1. The molecule has 1 aromatic carbocycles. The summed E-state index contributed by atoms with van der Waals surface area (Å²) in [5, 5.41) is 3.01. The average Bonchev–Trinajstić information content (AvgIpc) is 2.99. The third-order valence-electron chi connectivity index (χ3n) is 7.03. The molecule has 0 radical (unpaired) electrons. The summed E-state index contributed by atoms with van der Waals surface area (Å²) in [4.78, 5) is 27.1. The van der Waals surface area contributed by atoms with Gasteiger partial charge in [-0.05, 0) is 90.6 Å². The molecular weight excluding hydrogens is 465 g/mol. The van der Waals surface area contributed by atoms with Crippen molar-refractivity contribution < 1.29 is 18.4 Å². The van der Waals surface area contributed by atoms with Gasteiger partial charge in [0.25, 0.3) is 11.8 Å². The predicted molar refractivity (Wildman–Crippen MR) is 105 cm³/mol. The number of alkyl halides is 2. The molecule has 2 atom stereocenters. The average molecular weight is 486 g/mol. The second-order valence-electron chi connectivity index (χ2n) is 8.86. The number of carbonyl (C=O) groups excluding carboxylic acids is 2. The Balaban J connectivity index is 1.39. The molecule has 27 heavy (non-hydrogen) atoms.